The molecule has 0 radical (unpaired) electrons. The average Bonchev–Trinajstić information content (AvgIpc) is 2.85. The number of primary sulfonamides is 1. The molecule has 7 nitrogen and oxygen atoms in total. The zero-order valence-corrected chi connectivity index (χ0v) is 19.8. The monoisotopic (exact) mass is 480 g/mol. The summed E-state index contributed by atoms with van der Waals surface area (Å²) in [4.78, 5) is 25.3. The van der Waals surface area contributed by atoms with Gasteiger partial charge in [-0.25, -0.2) is 13.6 Å². The van der Waals surface area contributed by atoms with E-state index in [1.54, 1.807) is 42.5 Å². The quantitative estimate of drug-likeness (QED) is 0.321. The van der Waals surface area contributed by atoms with Crippen molar-refractivity contribution in [2.75, 3.05) is 13.2 Å². The van der Waals surface area contributed by atoms with Crippen molar-refractivity contribution in [2.45, 2.75) is 30.6 Å². The number of carbonyl (C=O) groups excluding carboxylic acids is 2. The fraction of sp³-hybridized carbons (Fsp3) is 0.231. The van der Waals surface area contributed by atoms with Gasteiger partial charge in [0.25, 0.3) is 0 Å². The van der Waals surface area contributed by atoms with Crippen LogP contribution in [0.2, 0.25) is 0 Å². The molecule has 1 amide bonds. The van der Waals surface area contributed by atoms with E-state index >= 15 is 0 Å². The third-order valence-corrected chi connectivity index (χ3v) is 6.30. The van der Waals surface area contributed by atoms with Crippen molar-refractivity contribution in [1.29, 1.82) is 0 Å². The van der Waals surface area contributed by atoms with Gasteiger partial charge in [-0.1, -0.05) is 48.5 Å². The third kappa shape index (κ3) is 7.00. The number of ether oxygens (including phenoxy) is 1. The summed E-state index contributed by atoms with van der Waals surface area (Å²) in [6.07, 6.45) is 1.44. The van der Waals surface area contributed by atoms with Gasteiger partial charge in [0.2, 0.25) is 15.9 Å². The third-order valence-electron chi connectivity index (χ3n) is 5.37. The Morgan fingerprint density at radius 1 is 0.912 bits per heavy atom. The fourth-order valence-corrected chi connectivity index (χ4v) is 3.88. The van der Waals surface area contributed by atoms with Crippen molar-refractivity contribution in [3.63, 3.8) is 0 Å². The first kappa shape index (κ1) is 25.1. The molecule has 0 fully saturated rings. The number of hydrogen-bond donors (Lipinski definition) is 2. The van der Waals surface area contributed by atoms with Crippen molar-refractivity contribution in [3.8, 4) is 5.75 Å². The molecule has 0 aliphatic carbocycles. The molecule has 0 heterocycles. The summed E-state index contributed by atoms with van der Waals surface area (Å²) in [6, 6.07) is 22.1. The number of sulfonamides is 1. The molecule has 0 saturated heterocycles. The van der Waals surface area contributed by atoms with Gasteiger partial charge < -0.3 is 10.1 Å². The summed E-state index contributed by atoms with van der Waals surface area (Å²) in [5.74, 6) is -0.0229. The van der Waals surface area contributed by atoms with Gasteiger partial charge in [-0.2, -0.15) is 0 Å². The molecule has 0 saturated carbocycles. The molecule has 3 aromatic rings. The lowest BCUT2D eigenvalue weighted by molar-refractivity contribution is -0.122. The molecular formula is C26H28N2O5S. The van der Waals surface area contributed by atoms with Crippen LogP contribution in [0.1, 0.15) is 47.2 Å². The number of hydrogen-bond acceptors (Lipinski definition) is 5. The summed E-state index contributed by atoms with van der Waals surface area (Å²) in [7, 11) is -3.72. The van der Waals surface area contributed by atoms with Gasteiger partial charge in [0.1, 0.15) is 5.75 Å². The van der Waals surface area contributed by atoms with Crippen molar-refractivity contribution in [2.24, 2.45) is 5.14 Å². The highest BCUT2D eigenvalue weighted by Crippen LogP contribution is 2.19. The van der Waals surface area contributed by atoms with Crippen molar-refractivity contribution < 1.29 is 22.7 Å². The molecule has 3 N–H and O–H groups in total. The van der Waals surface area contributed by atoms with E-state index in [-0.39, 0.29) is 16.6 Å². The largest absolute Gasteiger partial charge is 0.494 e. The lowest BCUT2D eigenvalue weighted by Gasteiger charge is -2.14. The molecule has 3 aromatic carbocycles. The van der Waals surface area contributed by atoms with E-state index in [9.17, 15) is 18.0 Å². The van der Waals surface area contributed by atoms with E-state index < -0.39 is 15.9 Å². The van der Waals surface area contributed by atoms with E-state index in [0.29, 0.717) is 36.4 Å². The van der Waals surface area contributed by atoms with Gasteiger partial charge in [-0.05, 0) is 55.7 Å². The molecule has 0 aromatic heterocycles. The van der Waals surface area contributed by atoms with Gasteiger partial charge in [-0.3, -0.25) is 9.59 Å². The Hall–Kier alpha value is -3.49. The maximum Gasteiger partial charge on any atom is 0.238 e. The van der Waals surface area contributed by atoms with Crippen molar-refractivity contribution >= 4 is 21.7 Å². The predicted octanol–water partition coefficient (Wildman–Crippen LogP) is 3.64. The zero-order valence-electron chi connectivity index (χ0n) is 18.9. The number of nitrogens with two attached hydrogens (primary N) is 1. The highest BCUT2D eigenvalue weighted by atomic mass is 32.2. The topological polar surface area (TPSA) is 116 Å². The average molecular weight is 481 g/mol. The molecule has 178 valence electrons. The molecule has 34 heavy (non-hydrogen) atoms. The first-order chi connectivity index (χ1) is 16.3. The van der Waals surface area contributed by atoms with Crippen LogP contribution in [0.15, 0.2) is 83.8 Å². The molecule has 0 bridgehead atoms. The van der Waals surface area contributed by atoms with Crippen molar-refractivity contribution in [3.05, 3.63) is 95.6 Å². The second kappa shape index (κ2) is 11.6. The summed E-state index contributed by atoms with van der Waals surface area (Å²) >= 11 is 0. The van der Waals surface area contributed by atoms with Gasteiger partial charge in [0, 0.05) is 17.7 Å². The van der Waals surface area contributed by atoms with Crippen LogP contribution in [0.25, 0.3) is 0 Å². The lowest BCUT2D eigenvalue weighted by atomic mass is 9.95. The highest BCUT2D eigenvalue weighted by molar-refractivity contribution is 7.89. The minimum Gasteiger partial charge on any atom is -0.494 e. The van der Waals surface area contributed by atoms with Crippen LogP contribution < -0.4 is 15.2 Å². The number of ketones is 1. The molecule has 1 atom stereocenters. The van der Waals surface area contributed by atoms with Crippen LogP contribution in [0.3, 0.4) is 0 Å². The number of nitrogens with one attached hydrogen (secondary N) is 1. The van der Waals surface area contributed by atoms with Crippen LogP contribution in [0.4, 0.5) is 0 Å². The molecule has 0 spiro atoms. The minimum absolute atomic E-state index is 0.0339. The van der Waals surface area contributed by atoms with E-state index in [4.69, 9.17) is 9.88 Å². The Kier molecular flexibility index (Phi) is 8.56. The van der Waals surface area contributed by atoms with E-state index in [1.807, 2.05) is 31.2 Å². The Bertz CT molecular complexity index is 1230. The van der Waals surface area contributed by atoms with Crippen LogP contribution in [-0.2, 0) is 14.8 Å². The molecule has 8 heteroatoms. The van der Waals surface area contributed by atoms with E-state index in [1.165, 1.54) is 12.1 Å². The number of rotatable bonds is 11. The van der Waals surface area contributed by atoms with E-state index in [0.717, 1.165) is 12.0 Å². The zero-order chi connectivity index (χ0) is 24.6. The maximum atomic E-state index is 12.7. The predicted molar refractivity (Wildman–Crippen MR) is 130 cm³/mol. The van der Waals surface area contributed by atoms with Gasteiger partial charge in [-0.15, -0.1) is 0 Å². The van der Waals surface area contributed by atoms with Crippen molar-refractivity contribution in [1.82, 2.24) is 5.32 Å². The second-order valence-corrected chi connectivity index (χ2v) is 9.47. The maximum absolute atomic E-state index is 12.7. The lowest BCUT2D eigenvalue weighted by Crippen LogP contribution is -2.29. The summed E-state index contributed by atoms with van der Waals surface area (Å²) in [5, 5.41) is 8.00. The van der Waals surface area contributed by atoms with Crippen LogP contribution in [0, 0.1) is 0 Å². The first-order valence-corrected chi connectivity index (χ1v) is 12.5. The van der Waals surface area contributed by atoms with Gasteiger partial charge >= 0.3 is 0 Å². The molecule has 0 aliphatic rings. The normalized spacial score (nSPS) is 12.1. The first-order valence-electron chi connectivity index (χ1n) is 11.0. The number of amides is 1. The Balaban J connectivity index is 1.42. The summed E-state index contributed by atoms with van der Waals surface area (Å²) in [5.41, 5.74) is 1.95. The van der Waals surface area contributed by atoms with Gasteiger partial charge in [0.15, 0.2) is 5.78 Å². The standard InChI is InChI=1S/C26H28N2O5S/c1-19(21-10-7-11-22(18-21)25(29)20-8-3-2-4-9-20)26(30)28-16-5-6-17-33-23-12-14-24(15-13-23)34(27,31)32/h2-4,7-15,18-19H,5-6,16-17H2,1H3,(H,28,30)(H2,27,31,32). The van der Waals surface area contributed by atoms with Crippen LogP contribution in [-0.4, -0.2) is 33.3 Å². The summed E-state index contributed by atoms with van der Waals surface area (Å²) in [6.45, 7) is 2.75. The summed E-state index contributed by atoms with van der Waals surface area (Å²) < 4.78 is 28.1. The molecular weight excluding hydrogens is 452 g/mol. The van der Waals surface area contributed by atoms with Gasteiger partial charge in [0.05, 0.1) is 17.4 Å². The van der Waals surface area contributed by atoms with Crippen LogP contribution >= 0.6 is 0 Å². The number of carbonyl (C=O) groups is 2. The number of benzene rings is 3. The molecule has 3 rings (SSSR count). The fourth-order valence-electron chi connectivity index (χ4n) is 3.36. The SMILES string of the molecule is CC(C(=O)NCCCCOc1ccc(S(N)(=O)=O)cc1)c1cccc(C(=O)c2ccccc2)c1. The molecule has 0 aliphatic heterocycles. The van der Waals surface area contributed by atoms with E-state index in [2.05, 4.69) is 5.32 Å². The Labute approximate surface area is 200 Å². The Morgan fingerprint density at radius 3 is 2.26 bits per heavy atom. The number of unbranched alkanes of at least 4 members (excludes halogenated alkanes) is 1. The smallest absolute Gasteiger partial charge is 0.238 e. The van der Waals surface area contributed by atoms with Crippen LogP contribution in [0.5, 0.6) is 5.75 Å². The highest BCUT2D eigenvalue weighted by Gasteiger charge is 2.17. The Morgan fingerprint density at radius 2 is 1.59 bits per heavy atom. The minimum atomic E-state index is -3.72. The second-order valence-electron chi connectivity index (χ2n) is 7.91. The molecule has 1 unspecified atom stereocenters.